The van der Waals surface area contributed by atoms with Crippen LogP contribution in [-0.2, 0) is 6.42 Å². The summed E-state index contributed by atoms with van der Waals surface area (Å²) in [5, 5.41) is 3.76. The molecule has 17 heavy (non-hydrogen) atoms. The van der Waals surface area contributed by atoms with Crippen molar-refractivity contribution in [2.75, 3.05) is 0 Å². The normalized spacial score (nSPS) is 12.6. The van der Waals surface area contributed by atoms with E-state index >= 15 is 0 Å². The molecule has 0 saturated carbocycles. The van der Waals surface area contributed by atoms with Gasteiger partial charge in [0.2, 0.25) is 0 Å². The molecule has 2 aromatic rings. The largest absolute Gasteiger partial charge is 0.271 e. The topological polar surface area (TPSA) is 63.8 Å². The number of aromatic nitrogens is 2. The van der Waals surface area contributed by atoms with Gasteiger partial charge in [0.25, 0.3) is 0 Å². The van der Waals surface area contributed by atoms with Crippen molar-refractivity contribution in [2.45, 2.75) is 12.5 Å². The van der Waals surface area contributed by atoms with Crippen molar-refractivity contribution in [3.63, 3.8) is 0 Å². The Labute approximate surface area is 110 Å². The van der Waals surface area contributed by atoms with Gasteiger partial charge in [-0.05, 0) is 41.7 Å². The number of hydrogen-bond donors (Lipinski definition) is 2. The molecule has 3 N–H and O–H groups in total. The maximum absolute atomic E-state index is 13.2. The Kier molecular flexibility index (Phi) is 4.16. The van der Waals surface area contributed by atoms with Crippen LogP contribution >= 0.6 is 27.5 Å². The second-order valence-corrected chi connectivity index (χ2v) is 5.25. The lowest BCUT2D eigenvalue weighted by atomic mass is 10.1. The lowest BCUT2D eigenvalue weighted by Gasteiger charge is -2.13. The summed E-state index contributed by atoms with van der Waals surface area (Å²) >= 11 is 4.53. The minimum absolute atomic E-state index is 0.108. The number of halogens is 2. The lowest BCUT2D eigenvalue weighted by Crippen LogP contribution is -2.29. The van der Waals surface area contributed by atoms with Gasteiger partial charge in [-0.25, -0.2) is 4.39 Å². The fourth-order valence-electron chi connectivity index (χ4n) is 1.53. The SMILES string of the molecule is NNC(Cc1cc(F)cc(Br)c1)c1cnns1. The molecular formula is C10H10BrFN4S. The van der Waals surface area contributed by atoms with E-state index in [-0.39, 0.29) is 11.9 Å². The van der Waals surface area contributed by atoms with Crippen molar-refractivity contribution in [3.05, 3.63) is 45.1 Å². The average molecular weight is 317 g/mol. The van der Waals surface area contributed by atoms with Crippen LogP contribution in [0.4, 0.5) is 4.39 Å². The molecule has 7 heteroatoms. The number of benzene rings is 1. The van der Waals surface area contributed by atoms with Crippen LogP contribution in [0.15, 0.2) is 28.9 Å². The van der Waals surface area contributed by atoms with Crippen LogP contribution in [0.2, 0.25) is 0 Å². The molecule has 0 radical (unpaired) electrons. The van der Waals surface area contributed by atoms with Gasteiger partial charge >= 0.3 is 0 Å². The Hall–Kier alpha value is -0.890. The van der Waals surface area contributed by atoms with E-state index in [9.17, 15) is 4.39 Å². The summed E-state index contributed by atoms with van der Waals surface area (Å²) in [6.07, 6.45) is 2.24. The van der Waals surface area contributed by atoms with E-state index in [1.165, 1.54) is 23.7 Å². The van der Waals surface area contributed by atoms with Crippen molar-refractivity contribution in [1.82, 2.24) is 15.0 Å². The molecule has 0 aliphatic rings. The molecule has 1 unspecified atom stereocenters. The first kappa shape index (κ1) is 12.6. The van der Waals surface area contributed by atoms with Gasteiger partial charge in [0.15, 0.2) is 0 Å². The summed E-state index contributed by atoms with van der Waals surface area (Å²) in [5.74, 6) is 5.21. The molecule has 90 valence electrons. The Balaban J connectivity index is 2.18. The van der Waals surface area contributed by atoms with Gasteiger partial charge in [-0.2, -0.15) is 0 Å². The zero-order valence-corrected chi connectivity index (χ0v) is 11.1. The molecule has 1 aromatic heterocycles. The third kappa shape index (κ3) is 3.29. The first-order chi connectivity index (χ1) is 8.19. The zero-order valence-electron chi connectivity index (χ0n) is 8.73. The lowest BCUT2D eigenvalue weighted by molar-refractivity contribution is 0.555. The minimum atomic E-state index is -0.271. The van der Waals surface area contributed by atoms with Crippen LogP contribution in [0, 0.1) is 5.82 Å². The summed E-state index contributed by atoms with van der Waals surface area (Å²) < 4.78 is 17.7. The van der Waals surface area contributed by atoms with E-state index < -0.39 is 0 Å². The molecule has 2 rings (SSSR count). The quantitative estimate of drug-likeness (QED) is 0.670. The molecule has 0 bridgehead atoms. The molecule has 0 aliphatic heterocycles. The van der Waals surface area contributed by atoms with Crippen LogP contribution in [0.1, 0.15) is 16.5 Å². The number of hydrazine groups is 1. The Bertz CT molecular complexity index is 471. The molecule has 4 nitrogen and oxygen atoms in total. The van der Waals surface area contributed by atoms with Crippen LogP contribution in [0.3, 0.4) is 0 Å². The first-order valence-corrected chi connectivity index (χ1v) is 6.44. The van der Waals surface area contributed by atoms with Gasteiger partial charge in [0.1, 0.15) is 5.82 Å². The number of nitrogens with one attached hydrogen (secondary N) is 1. The highest BCUT2D eigenvalue weighted by Crippen LogP contribution is 2.22. The van der Waals surface area contributed by atoms with Crippen molar-refractivity contribution in [1.29, 1.82) is 0 Å². The highest BCUT2D eigenvalue weighted by Gasteiger charge is 2.13. The van der Waals surface area contributed by atoms with Crippen molar-refractivity contribution < 1.29 is 4.39 Å². The fourth-order valence-corrected chi connectivity index (χ4v) is 2.61. The van der Waals surface area contributed by atoms with E-state index in [2.05, 4.69) is 30.9 Å². The third-order valence-corrected chi connectivity index (χ3v) is 3.52. The van der Waals surface area contributed by atoms with E-state index in [4.69, 9.17) is 5.84 Å². The van der Waals surface area contributed by atoms with Crippen LogP contribution in [0.5, 0.6) is 0 Å². The molecule has 0 amide bonds. The number of nitrogens with two attached hydrogens (primary N) is 1. The maximum atomic E-state index is 13.2. The second-order valence-electron chi connectivity index (χ2n) is 3.52. The van der Waals surface area contributed by atoms with E-state index in [1.54, 1.807) is 6.20 Å². The monoisotopic (exact) mass is 316 g/mol. The number of hydrogen-bond acceptors (Lipinski definition) is 5. The van der Waals surface area contributed by atoms with Crippen molar-refractivity contribution >= 4 is 27.5 Å². The van der Waals surface area contributed by atoms with Gasteiger partial charge in [0, 0.05) is 4.47 Å². The van der Waals surface area contributed by atoms with Gasteiger partial charge in [-0.15, -0.1) is 5.10 Å². The molecule has 0 saturated heterocycles. The average Bonchev–Trinajstić information content (AvgIpc) is 2.77. The van der Waals surface area contributed by atoms with Gasteiger partial charge in [0.05, 0.1) is 17.1 Å². The fraction of sp³-hybridized carbons (Fsp3) is 0.200. The number of rotatable bonds is 4. The summed E-state index contributed by atoms with van der Waals surface area (Å²) in [4.78, 5) is 0.924. The van der Waals surface area contributed by atoms with E-state index in [0.717, 1.165) is 10.4 Å². The molecule has 0 spiro atoms. The molecule has 1 aromatic carbocycles. The van der Waals surface area contributed by atoms with Crippen molar-refractivity contribution in [2.24, 2.45) is 5.84 Å². The summed E-state index contributed by atoms with van der Waals surface area (Å²) in [6.45, 7) is 0. The molecule has 0 fully saturated rings. The number of nitrogens with zero attached hydrogens (tertiary/aromatic N) is 2. The zero-order chi connectivity index (χ0) is 12.3. The van der Waals surface area contributed by atoms with Crippen LogP contribution < -0.4 is 11.3 Å². The van der Waals surface area contributed by atoms with Crippen LogP contribution in [0.25, 0.3) is 0 Å². The molecule has 1 atom stereocenters. The Morgan fingerprint density at radius 2 is 2.29 bits per heavy atom. The third-order valence-electron chi connectivity index (χ3n) is 2.29. The Morgan fingerprint density at radius 1 is 1.47 bits per heavy atom. The Morgan fingerprint density at radius 3 is 2.88 bits per heavy atom. The standard InChI is InChI=1S/C10H10BrFN4S/c11-7-1-6(2-8(12)4-7)3-9(15-13)10-5-14-16-17-10/h1-2,4-5,9,15H,3,13H2. The minimum Gasteiger partial charge on any atom is -0.271 e. The van der Waals surface area contributed by atoms with E-state index in [0.29, 0.717) is 10.9 Å². The maximum Gasteiger partial charge on any atom is 0.124 e. The second kappa shape index (κ2) is 5.63. The van der Waals surface area contributed by atoms with E-state index in [1.807, 2.05) is 6.07 Å². The summed E-state index contributed by atoms with van der Waals surface area (Å²) in [7, 11) is 0. The van der Waals surface area contributed by atoms with Gasteiger partial charge in [-0.3, -0.25) is 11.3 Å². The molecular weight excluding hydrogens is 307 g/mol. The highest BCUT2D eigenvalue weighted by molar-refractivity contribution is 9.10. The molecule has 0 aliphatic carbocycles. The first-order valence-electron chi connectivity index (χ1n) is 4.87. The van der Waals surface area contributed by atoms with Crippen LogP contribution in [-0.4, -0.2) is 9.59 Å². The van der Waals surface area contributed by atoms with Gasteiger partial charge in [-0.1, -0.05) is 20.4 Å². The predicted molar refractivity (Wildman–Crippen MR) is 67.8 cm³/mol. The summed E-state index contributed by atoms with van der Waals surface area (Å²) in [6, 6.07) is 4.66. The summed E-state index contributed by atoms with van der Waals surface area (Å²) in [5.41, 5.74) is 3.54. The van der Waals surface area contributed by atoms with Gasteiger partial charge < -0.3 is 0 Å². The molecule has 1 heterocycles. The smallest absolute Gasteiger partial charge is 0.124 e. The highest BCUT2D eigenvalue weighted by atomic mass is 79.9. The van der Waals surface area contributed by atoms with Crippen molar-refractivity contribution in [3.8, 4) is 0 Å². The predicted octanol–water partition coefficient (Wildman–Crippen LogP) is 2.19.